The summed E-state index contributed by atoms with van der Waals surface area (Å²) >= 11 is 0. The van der Waals surface area contributed by atoms with E-state index in [0.29, 0.717) is 25.5 Å². The Morgan fingerprint density at radius 1 is 1.33 bits per heavy atom. The van der Waals surface area contributed by atoms with E-state index >= 15 is 0 Å². The first-order valence-corrected chi connectivity index (χ1v) is 8.28. The van der Waals surface area contributed by atoms with E-state index in [2.05, 4.69) is 24.3 Å². The molecule has 0 aliphatic heterocycles. The summed E-state index contributed by atoms with van der Waals surface area (Å²) in [6.07, 6.45) is 2.72. The summed E-state index contributed by atoms with van der Waals surface area (Å²) in [6.45, 7) is 5.95. The van der Waals surface area contributed by atoms with E-state index in [9.17, 15) is 4.79 Å². The van der Waals surface area contributed by atoms with Gasteiger partial charge in [-0.15, -0.1) is 0 Å². The Hall–Kier alpha value is -2.34. The third kappa shape index (κ3) is 5.09. The smallest absolute Gasteiger partial charge is 0.323 e. The number of benzene rings is 1. The van der Waals surface area contributed by atoms with Gasteiger partial charge in [-0.1, -0.05) is 37.3 Å². The first-order chi connectivity index (χ1) is 11.6. The lowest BCUT2D eigenvalue weighted by Gasteiger charge is -2.28. The van der Waals surface area contributed by atoms with Crippen LogP contribution in [-0.4, -0.2) is 40.5 Å². The molecule has 0 radical (unpaired) electrons. The van der Waals surface area contributed by atoms with Crippen LogP contribution in [0.25, 0.3) is 0 Å². The molecular weight excluding hydrogens is 304 g/mol. The highest BCUT2D eigenvalue weighted by Crippen LogP contribution is 2.13. The molecule has 0 spiro atoms. The topological polar surface area (TPSA) is 59.4 Å². The van der Waals surface area contributed by atoms with Gasteiger partial charge in [0.15, 0.2) is 5.82 Å². The van der Waals surface area contributed by atoms with Crippen LogP contribution in [0, 0.1) is 0 Å². The molecule has 1 aromatic carbocycles. The minimum atomic E-state index is -0.134. The third-order valence-electron chi connectivity index (χ3n) is 3.98. The molecule has 2 rings (SSSR count). The Labute approximate surface area is 143 Å². The molecule has 1 aromatic heterocycles. The van der Waals surface area contributed by atoms with Crippen molar-refractivity contribution in [3.05, 3.63) is 48.2 Å². The fraction of sp³-hybridized carbons (Fsp3) is 0.444. The largest absolute Gasteiger partial charge is 0.383 e. The molecule has 0 aliphatic rings. The summed E-state index contributed by atoms with van der Waals surface area (Å²) in [5.74, 6) is 0.553. The van der Waals surface area contributed by atoms with Gasteiger partial charge in [-0.3, -0.25) is 10.00 Å². The molecule has 1 atom stereocenters. The number of hydrogen-bond acceptors (Lipinski definition) is 3. The van der Waals surface area contributed by atoms with Crippen LogP contribution in [0.15, 0.2) is 42.6 Å². The molecule has 1 unspecified atom stereocenters. The number of aromatic nitrogens is 2. The number of carbonyl (C=O) groups excluding carboxylic acids is 1. The van der Waals surface area contributed by atoms with Crippen LogP contribution in [0.4, 0.5) is 10.6 Å². The number of amides is 2. The van der Waals surface area contributed by atoms with Gasteiger partial charge >= 0.3 is 6.03 Å². The fourth-order valence-corrected chi connectivity index (χ4v) is 2.35. The number of urea groups is 1. The monoisotopic (exact) mass is 330 g/mol. The predicted octanol–water partition coefficient (Wildman–Crippen LogP) is 3.36. The molecule has 2 amide bonds. The number of methoxy groups -OCH3 is 1. The van der Waals surface area contributed by atoms with Crippen LogP contribution in [-0.2, 0) is 17.8 Å². The van der Waals surface area contributed by atoms with E-state index in [0.717, 1.165) is 12.0 Å². The van der Waals surface area contributed by atoms with Crippen molar-refractivity contribution in [2.75, 3.05) is 19.0 Å². The lowest BCUT2D eigenvalue weighted by atomic mass is 10.1. The molecule has 1 heterocycles. The van der Waals surface area contributed by atoms with Crippen molar-refractivity contribution in [1.82, 2.24) is 14.7 Å². The Morgan fingerprint density at radius 2 is 2.08 bits per heavy atom. The van der Waals surface area contributed by atoms with Gasteiger partial charge in [0, 0.05) is 32.0 Å². The average molecular weight is 330 g/mol. The van der Waals surface area contributed by atoms with E-state index in [1.54, 1.807) is 17.9 Å². The predicted molar refractivity (Wildman–Crippen MR) is 94.9 cm³/mol. The summed E-state index contributed by atoms with van der Waals surface area (Å²) < 4.78 is 6.78. The summed E-state index contributed by atoms with van der Waals surface area (Å²) in [4.78, 5) is 14.5. The average Bonchev–Trinajstić information content (AvgIpc) is 3.05. The highest BCUT2D eigenvalue weighted by molar-refractivity contribution is 5.88. The molecule has 130 valence electrons. The summed E-state index contributed by atoms with van der Waals surface area (Å²) in [7, 11) is 1.65. The fourth-order valence-electron chi connectivity index (χ4n) is 2.35. The number of anilines is 1. The number of nitrogens with one attached hydrogen (secondary N) is 1. The van der Waals surface area contributed by atoms with Crippen molar-refractivity contribution < 1.29 is 9.53 Å². The number of rotatable bonds is 8. The maximum atomic E-state index is 12.7. The number of carbonyl (C=O) groups is 1. The summed E-state index contributed by atoms with van der Waals surface area (Å²) in [5.41, 5.74) is 1.11. The second-order valence-electron chi connectivity index (χ2n) is 5.76. The number of nitrogens with zero attached hydrogens (tertiary/aromatic N) is 3. The van der Waals surface area contributed by atoms with Crippen molar-refractivity contribution >= 4 is 11.8 Å². The van der Waals surface area contributed by atoms with Crippen molar-refractivity contribution in [3.8, 4) is 0 Å². The first kappa shape index (κ1) is 18.0. The van der Waals surface area contributed by atoms with Crippen LogP contribution in [0.5, 0.6) is 0 Å². The zero-order chi connectivity index (χ0) is 17.4. The first-order valence-electron chi connectivity index (χ1n) is 8.28. The highest BCUT2D eigenvalue weighted by Gasteiger charge is 2.20. The third-order valence-corrected chi connectivity index (χ3v) is 3.98. The van der Waals surface area contributed by atoms with Crippen molar-refractivity contribution in [3.63, 3.8) is 0 Å². The van der Waals surface area contributed by atoms with E-state index < -0.39 is 0 Å². The van der Waals surface area contributed by atoms with E-state index in [1.807, 2.05) is 41.4 Å². The minimum absolute atomic E-state index is 0.134. The number of ether oxygens (including phenoxy) is 1. The molecule has 6 nitrogen and oxygen atoms in total. The molecule has 0 saturated heterocycles. The second kappa shape index (κ2) is 9.08. The van der Waals surface area contributed by atoms with E-state index in [-0.39, 0.29) is 12.1 Å². The van der Waals surface area contributed by atoms with Crippen LogP contribution in [0.3, 0.4) is 0 Å². The Bertz CT molecular complexity index is 627. The maximum absolute atomic E-state index is 12.7. The lowest BCUT2D eigenvalue weighted by molar-refractivity contribution is 0.183. The molecule has 0 fully saturated rings. The van der Waals surface area contributed by atoms with Gasteiger partial charge in [0.2, 0.25) is 0 Å². The maximum Gasteiger partial charge on any atom is 0.323 e. The van der Waals surface area contributed by atoms with Gasteiger partial charge < -0.3 is 9.64 Å². The molecule has 6 heteroatoms. The van der Waals surface area contributed by atoms with Gasteiger partial charge in [0.05, 0.1) is 13.2 Å². The van der Waals surface area contributed by atoms with Gasteiger partial charge in [-0.2, -0.15) is 5.10 Å². The van der Waals surface area contributed by atoms with Gasteiger partial charge in [0.1, 0.15) is 0 Å². The highest BCUT2D eigenvalue weighted by atomic mass is 16.5. The van der Waals surface area contributed by atoms with Crippen molar-refractivity contribution in [2.24, 2.45) is 0 Å². The van der Waals surface area contributed by atoms with Crippen LogP contribution in [0.2, 0.25) is 0 Å². The SMILES string of the molecule is CCC(C)N(Cc1ccccc1)C(=O)Nc1ccn(CCOC)n1. The Kier molecular flexibility index (Phi) is 6.81. The minimum Gasteiger partial charge on any atom is -0.383 e. The zero-order valence-electron chi connectivity index (χ0n) is 14.6. The molecule has 24 heavy (non-hydrogen) atoms. The van der Waals surface area contributed by atoms with Gasteiger partial charge in [-0.25, -0.2) is 4.79 Å². The summed E-state index contributed by atoms with van der Waals surface area (Å²) in [5, 5.41) is 7.23. The second-order valence-corrected chi connectivity index (χ2v) is 5.76. The molecule has 0 bridgehead atoms. The van der Waals surface area contributed by atoms with Crippen LogP contribution < -0.4 is 5.32 Å². The van der Waals surface area contributed by atoms with Crippen molar-refractivity contribution in [2.45, 2.75) is 39.4 Å². The van der Waals surface area contributed by atoms with Crippen LogP contribution in [0.1, 0.15) is 25.8 Å². The van der Waals surface area contributed by atoms with Gasteiger partial charge in [-0.05, 0) is 18.9 Å². The van der Waals surface area contributed by atoms with Gasteiger partial charge in [0.25, 0.3) is 0 Å². The molecule has 2 aromatic rings. The molecule has 0 aliphatic carbocycles. The molecule has 0 saturated carbocycles. The molecule has 1 N–H and O–H groups in total. The summed E-state index contributed by atoms with van der Waals surface area (Å²) in [6, 6.07) is 11.8. The molecular formula is C18H26N4O2. The van der Waals surface area contributed by atoms with Crippen molar-refractivity contribution in [1.29, 1.82) is 0 Å². The number of hydrogen-bond donors (Lipinski definition) is 1. The van der Waals surface area contributed by atoms with Crippen LogP contribution >= 0.6 is 0 Å². The van der Waals surface area contributed by atoms with E-state index in [4.69, 9.17) is 4.74 Å². The standard InChI is InChI=1S/C18H26N4O2/c1-4-15(2)22(14-16-8-6-5-7-9-16)18(23)19-17-10-11-21(20-17)12-13-24-3/h5-11,15H,4,12-14H2,1-3H3,(H,19,20,23). The zero-order valence-corrected chi connectivity index (χ0v) is 14.6. The lowest BCUT2D eigenvalue weighted by Crippen LogP contribution is -2.40. The van der Waals surface area contributed by atoms with E-state index in [1.165, 1.54) is 0 Å². The normalized spacial score (nSPS) is 12.0. The Morgan fingerprint density at radius 3 is 2.75 bits per heavy atom. The Balaban J connectivity index is 2.03. The quantitative estimate of drug-likeness (QED) is 0.807.